The lowest BCUT2D eigenvalue weighted by Crippen LogP contribution is -2.07. The Hall–Kier alpha value is -4.14. The number of anilines is 1. The van der Waals surface area contributed by atoms with Crippen LogP contribution < -0.4 is 10.1 Å². The van der Waals surface area contributed by atoms with Crippen molar-refractivity contribution in [3.05, 3.63) is 79.1 Å². The molecule has 0 spiro atoms. The van der Waals surface area contributed by atoms with Crippen molar-refractivity contribution in [2.45, 2.75) is 6.18 Å². The van der Waals surface area contributed by atoms with Gasteiger partial charge < -0.3 is 15.0 Å². The summed E-state index contributed by atoms with van der Waals surface area (Å²) < 4.78 is 44.2. The zero-order valence-corrected chi connectivity index (χ0v) is 15.9. The highest BCUT2D eigenvalue weighted by Gasteiger charge is 2.30. The number of hydrogen-bond acceptors (Lipinski definition) is 4. The average Bonchev–Trinajstić information content (AvgIpc) is 3.16. The number of H-pyrrole nitrogens is 1. The van der Waals surface area contributed by atoms with Crippen LogP contribution in [0.5, 0.6) is 11.6 Å². The van der Waals surface area contributed by atoms with E-state index in [0.717, 1.165) is 18.2 Å². The number of halogens is 3. The molecule has 2 N–H and O–H groups in total. The number of carbonyl (C=O) groups excluding carboxylic acids is 1. The molecule has 6 nitrogen and oxygen atoms in total. The predicted molar refractivity (Wildman–Crippen MR) is 110 cm³/mol. The Kier molecular flexibility index (Phi) is 5.16. The molecular formula is C22H15F3N4O2. The van der Waals surface area contributed by atoms with Gasteiger partial charge in [-0.1, -0.05) is 24.8 Å². The lowest BCUT2D eigenvalue weighted by molar-refractivity contribution is -0.137. The van der Waals surface area contributed by atoms with Crippen molar-refractivity contribution in [1.82, 2.24) is 15.0 Å². The van der Waals surface area contributed by atoms with E-state index in [1.807, 2.05) is 0 Å². The summed E-state index contributed by atoms with van der Waals surface area (Å²) in [5.41, 5.74) is 1.86. The molecule has 4 rings (SSSR count). The minimum Gasteiger partial charge on any atom is -0.437 e. The number of nitrogens with one attached hydrogen (secondary N) is 2. The number of hydrogen-bond donors (Lipinski definition) is 2. The second-order valence-corrected chi connectivity index (χ2v) is 6.51. The van der Waals surface area contributed by atoms with Gasteiger partial charge in [-0.2, -0.15) is 13.2 Å². The Morgan fingerprint density at radius 2 is 1.94 bits per heavy atom. The molecular weight excluding hydrogens is 409 g/mol. The van der Waals surface area contributed by atoms with Crippen LogP contribution in [-0.2, 0) is 11.0 Å². The normalized spacial score (nSPS) is 11.3. The van der Waals surface area contributed by atoms with Crippen LogP contribution in [0, 0.1) is 0 Å². The first kappa shape index (κ1) is 20.1. The van der Waals surface area contributed by atoms with Crippen molar-refractivity contribution in [3.63, 3.8) is 0 Å². The maximum absolute atomic E-state index is 12.8. The number of benzene rings is 2. The van der Waals surface area contributed by atoms with E-state index in [-0.39, 0.29) is 11.8 Å². The van der Waals surface area contributed by atoms with Gasteiger partial charge in [0, 0.05) is 23.5 Å². The fourth-order valence-corrected chi connectivity index (χ4v) is 2.93. The Morgan fingerprint density at radius 1 is 1.16 bits per heavy atom. The molecule has 0 atom stereocenters. The monoisotopic (exact) mass is 424 g/mol. The van der Waals surface area contributed by atoms with Crippen LogP contribution >= 0.6 is 0 Å². The molecule has 2 aromatic heterocycles. The summed E-state index contributed by atoms with van der Waals surface area (Å²) in [6.45, 7) is 3.40. The van der Waals surface area contributed by atoms with Gasteiger partial charge in [0.1, 0.15) is 11.3 Å². The molecule has 0 fully saturated rings. The Balaban J connectivity index is 1.62. The van der Waals surface area contributed by atoms with Gasteiger partial charge in [0.2, 0.25) is 11.8 Å². The molecule has 0 saturated heterocycles. The first-order chi connectivity index (χ1) is 14.8. The van der Waals surface area contributed by atoms with Gasteiger partial charge in [-0.15, -0.1) is 0 Å². The third-order valence-corrected chi connectivity index (χ3v) is 4.39. The fraction of sp³-hybridized carbons (Fsp3) is 0.0455. The summed E-state index contributed by atoms with van der Waals surface area (Å²) in [5.74, 6) is 0.251. The molecule has 1 amide bonds. The van der Waals surface area contributed by atoms with E-state index in [9.17, 15) is 18.0 Å². The summed E-state index contributed by atoms with van der Waals surface area (Å²) in [5, 5.41) is 2.63. The van der Waals surface area contributed by atoms with Crippen LogP contribution in [0.15, 0.2) is 73.6 Å². The third kappa shape index (κ3) is 4.40. The first-order valence-electron chi connectivity index (χ1n) is 9.06. The molecule has 4 aromatic rings. The maximum atomic E-state index is 12.8. The standard InChI is InChI=1S/C22H15F3N4O2/c1-2-18(30)28-15-4-3-5-16(10-15)31-19-12-27-21-20(29-19)17(11-26-21)13-6-8-14(9-7-13)22(23,24)25/h2-12H,1H2,(H,26,27)(H,28,30). The zero-order valence-electron chi connectivity index (χ0n) is 15.9. The number of amides is 1. The highest BCUT2D eigenvalue weighted by atomic mass is 19.4. The van der Waals surface area contributed by atoms with E-state index >= 15 is 0 Å². The summed E-state index contributed by atoms with van der Waals surface area (Å²) in [6, 6.07) is 11.5. The molecule has 0 aliphatic heterocycles. The van der Waals surface area contributed by atoms with Gasteiger partial charge >= 0.3 is 6.18 Å². The second kappa shape index (κ2) is 7.94. The van der Waals surface area contributed by atoms with Crippen LogP contribution in [0.25, 0.3) is 22.3 Å². The summed E-state index contributed by atoms with van der Waals surface area (Å²) >= 11 is 0. The van der Waals surface area contributed by atoms with Crippen molar-refractivity contribution >= 4 is 22.8 Å². The average molecular weight is 424 g/mol. The quantitative estimate of drug-likeness (QED) is 0.411. The molecule has 0 bridgehead atoms. The van der Waals surface area contributed by atoms with Crippen molar-refractivity contribution in [3.8, 4) is 22.8 Å². The molecule has 2 heterocycles. The van der Waals surface area contributed by atoms with Crippen molar-refractivity contribution in [1.29, 1.82) is 0 Å². The molecule has 0 saturated carbocycles. The van der Waals surface area contributed by atoms with E-state index in [0.29, 0.717) is 33.7 Å². The van der Waals surface area contributed by atoms with Crippen LogP contribution in [0.3, 0.4) is 0 Å². The lowest BCUT2D eigenvalue weighted by Gasteiger charge is -2.08. The Bertz CT molecular complexity index is 1260. The van der Waals surface area contributed by atoms with Crippen LogP contribution in [-0.4, -0.2) is 20.9 Å². The van der Waals surface area contributed by atoms with E-state index in [1.54, 1.807) is 30.5 Å². The fourth-order valence-electron chi connectivity index (χ4n) is 2.93. The number of aromatic nitrogens is 3. The number of alkyl halides is 3. The van der Waals surface area contributed by atoms with Crippen molar-refractivity contribution < 1.29 is 22.7 Å². The van der Waals surface area contributed by atoms with Crippen LogP contribution in [0.4, 0.5) is 18.9 Å². The molecule has 9 heteroatoms. The van der Waals surface area contributed by atoms with E-state index in [1.165, 1.54) is 18.3 Å². The second-order valence-electron chi connectivity index (χ2n) is 6.51. The molecule has 2 aromatic carbocycles. The van der Waals surface area contributed by atoms with Crippen molar-refractivity contribution in [2.75, 3.05) is 5.32 Å². The van der Waals surface area contributed by atoms with Gasteiger partial charge in [0.25, 0.3) is 0 Å². The van der Waals surface area contributed by atoms with E-state index in [2.05, 4.69) is 26.8 Å². The molecule has 0 radical (unpaired) electrons. The van der Waals surface area contributed by atoms with Gasteiger partial charge in [-0.25, -0.2) is 9.97 Å². The zero-order chi connectivity index (χ0) is 22.0. The third-order valence-electron chi connectivity index (χ3n) is 4.39. The summed E-state index contributed by atoms with van der Waals surface area (Å²) in [7, 11) is 0. The lowest BCUT2D eigenvalue weighted by atomic mass is 10.1. The predicted octanol–water partition coefficient (Wildman–Crippen LogP) is 5.56. The van der Waals surface area contributed by atoms with E-state index in [4.69, 9.17) is 4.74 Å². The van der Waals surface area contributed by atoms with Gasteiger partial charge in [0.15, 0.2) is 5.65 Å². The minimum absolute atomic E-state index is 0.187. The molecule has 156 valence electrons. The first-order valence-corrected chi connectivity index (χ1v) is 9.06. The molecule has 0 aliphatic rings. The van der Waals surface area contributed by atoms with Crippen LogP contribution in [0.2, 0.25) is 0 Å². The summed E-state index contributed by atoms with van der Waals surface area (Å²) in [6.07, 6.45) is -0.201. The number of aromatic amines is 1. The largest absolute Gasteiger partial charge is 0.437 e. The maximum Gasteiger partial charge on any atom is 0.416 e. The smallest absolute Gasteiger partial charge is 0.416 e. The van der Waals surface area contributed by atoms with Gasteiger partial charge in [-0.05, 0) is 35.9 Å². The topological polar surface area (TPSA) is 79.9 Å². The number of nitrogens with zero attached hydrogens (tertiary/aromatic N) is 2. The molecule has 0 aliphatic carbocycles. The molecule has 31 heavy (non-hydrogen) atoms. The number of carbonyl (C=O) groups is 1. The van der Waals surface area contributed by atoms with E-state index < -0.39 is 11.7 Å². The minimum atomic E-state index is -4.40. The van der Waals surface area contributed by atoms with Crippen LogP contribution in [0.1, 0.15) is 5.56 Å². The van der Waals surface area contributed by atoms with Gasteiger partial charge in [-0.3, -0.25) is 4.79 Å². The SMILES string of the molecule is C=CC(=O)Nc1cccc(Oc2cnc3[nH]cc(-c4ccc(C(F)(F)F)cc4)c3n2)c1. The van der Waals surface area contributed by atoms with Crippen molar-refractivity contribution in [2.24, 2.45) is 0 Å². The highest BCUT2D eigenvalue weighted by molar-refractivity contribution is 5.99. The Labute approximate surface area is 174 Å². The summed E-state index contributed by atoms with van der Waals surface area (Å²) in [4.78, 5) is 23.1. The Morgan fingerprint density at radius 3 is 2.65 bits per heavy atom. The highest BCUT2D eigenvalue weighted by Crippen LogP contribution is 2.33. The number of ether oxygens (including phenoxy) is 1. The molecule has 0 unspecified atom stereocenters. The number of rotatable bonds is 5. The van der Waals surface area contributed by atoms with Gasteiger partial charge in [0.05, 0.1) is 11.8 Å². The number of fused-ring (bicyclic) bond motifs is 1.